The first-order valence-electron chi connectivity index (χ1n) is 15.5. The molecule has 2 N–H and O–H groups in total. The third-order valence-electron chi connectivity index (χ3n) is 22.9. The Kier molecular flexibility index (Phi) is 1.66. The van der Waals surface area contributed by atoms with Crippen molar-refractivity contribution < 1.29 is 6.51 Å². The standard InChI is InChI=1S/C25H45N2P2.C5H5.Fe/c1-7-23(3,4)29(24(5,6)8-2)18-19-10-9-11-22(19)25(28,20-12-14-26-16-20)21-13-15-27-17-21;1-2-4-5-3-1;/h9-11,20-21,26-27H,7-8,12-18,28H2,1-6H3;1-5H;. The van der Waals surface area contributed by atoms with Gasteiger partial charge in [-0.15, -0.1) is 0 Å². The minimum atomic E-state index is -3.57. The van der Waals surface area contributed by atoms with Crippen LogP contribution in [-0.2, 0) is 6.51 Å². The Bertz CT molecular complexity index is 1450. The van der Waals surface area contributed by atoms with Crippen molar-refractivity contribution >= 4 is 17.2 Å². The summed E-state index contributed by atoms with van der Waals surface area (Å²) in [5.74, 6) is 1.91. The molecule has 0 radical (unpaired) electrons. The van der Waals surface area contributed by atoms with Crippen LogP contribution >= 0.6 is 17.2 Å². The van der Waals surface area contributed by atoms with Crippen molar-refractivity contribution in [2.45, 2.75) is 130 Å². The Morgan fingerprint density at radius 2 is 1.29 bits per heavy atom. The molecular formula is C30H50FeN2P2. The van der Waals surface area contributed by atoms with E-state index in [1.807, 2.05) is 0 Å². The first kappa shape index (κ1) is 20.2. The number of hydrogen-bond donors (Lipinski definition) is 2. The second kappa shape index (κ2) is 2.87. The van der Waals surface area contributed by atoms with E-state index in [2.05, 4.69) is 61.4 Å². The zero-order chi connectivity index (χ0) is 23.9. The van der Waals surface area contributed by atoms with E-state index >= 15 is 0 Å². The summed E-state index contributed by atoms with van der Waals surface area (Å²) in [7, 11) is 3.95. The van der Waals surface area contributed by atoms with E-state index in [4.69, 9.17) is 0 Å². The van der Waals surface area contributed by atoms with E-state index in [1.165, 1.54) is 90.4 Å². The van der Waals surface area contributed by atoms with Gasteiger partial charge in [0.1, 0.15) is 0 Å². The molecule has 0 aromatic heterocycles. The van der Waals surface area contributed by atoms with Crippen LogP contribution in [0.1, 0.15) is 67.2 Å². The van der Waals surface area contributed by atoms with Gasteiger partial charge in [0.05, 0.1) is 0 Å². The molecule has 12 heterocycles. The second-order valence-corrected chi connectivity index (χ2v) is 47.0. The predicted molar refractivity (Wildman–Crippen MR) is 150 cm³/mol. The molecule has 8 atom stereocenters. The van der Waals surface area contributed by atoms with Gasteiger partial charge in [-0.2, -0.15) is 0 Å². The SMILES string of the molecule is CCC(C)(C)P(C[C]12[CH]3[CH]4[CH]5[C]1(C(P)(C1CCNC1)C1CCNC1)[Fe]43521678[CH]2[CH]1[CH]6[CH]7[CH]28)C(C)(C)CC. The van der Waals surface area contributed by atoms with E-state index in [0.717, 1.165) is 20.5 Å². The zero-order valence-corrected chi connectivity index (χ0v) is 26.2. The molecule has 0 bridgehead atoms. The van der Waals surface area contributed by atoms with Gasteiger partial charge in [-0.25, -0.2) is 0 Å². The molecule has 12 rings (SSSR count). The van der Waals surface area contributed by atoms with Gasteiger partial charge in [0.15, 0.2) is 0 Å². The summed E-state index contributed by atoms with van der Waals surface area (Å²) < 4.78 is 1.91. The molecule has 0 aromatic rings. The molecule has 198 valence electrons. The van der Waals surface area contributed by atoms with Gasteiger partial charge in [0, 0.05) is 0 Å². The van der Waals surface area contributed by atoms with E-state index in [-0.39, 0.29) is 7.92 Å². The number of rotatable bonds is 9. The Balaban J connectivity index is 1.14. The fraction of sp³-hybridized carbons (Fsp3) is 1.00. The monoisotopic (exact) mass is 556 g/mol. The van der Waals surface area contributed by atoms with Crippen LogP contribution in [0.3, 0.4) is 0 Å². The van der Waals surface area contributed by atoms with Crippen molar-refractivity contribution in [2.24, 2.45) is 11.8 Å². The number of nitrogens with one attached hydrogen (secondary N) is 2. The van der Waals surface area contributed by atoms with Crippen LogP contribution in [0.4, 0.5) is 0 Å². The van der Waals surface area contributed by atoms with Crippen LogP contribution < -0.4 is 10.6 Å². The average molecular weight is 557 g/mol. The Morgan fingerprint density at radius 1 is 0.800 bits per heavy atom. The summed E-state index contributed by atoms with van der Waals surface area (Å²) in [6.07, 6.45) is 7.52. The Hall–Kier alpha value is 1.30. The van der Waals surface area contributed by atoms with Crippen LogP contribution in [0.5, 0.6) is 0 Å². The van der Waals surface area contributed by atoms with Gasteiger partial charge in [-0.1, -0.05) is 0 Å². The molecule has 0 amide bonds. The molecule has 1 spiro atoms. The van der Waals surface area contributed by atoms with E-state index in [1.54, 1.807) is 6.16 Å². The minimum absolute atomic E-state index is 0.0377. The fourth-order valence-corrected chi connectivity index (χ4v) is 112. The zero-order valence-electron chi connectivity index (χ0n) is 23.0. The molecule has 12 fully saturated rings. The molecular weight excluding hydrogens is 506 g/mol. The number of fused-ring (bicyclic) bond motifs is 10. The first-order valence-corrected chi connectivity index (χ1v) is 23.9. The number of hydrogen-bond acceptors (Lipinski definition) is 2. The predicted octanol–water partition coefficient (Wildman–Crippen LogP) is 7.81. The molecule has 12 aliphatic heterocycles. The summed E-state index contributed by atoms with van der Waals surface area (Å²) in [6.45, 7) is 17.6. The van der Waals surface area contributed by atoms with Crippen LogP contribution in [0.25, 0.3) is 0 Å². The fourth-order valence-electron chi connectivity index (χ4n) is 23.7. The van der Waals surface area contributed by atoms with Crippen molar-refractivity contribution in [1.29, 1.82) is 0 Å². The summed E-state index contributed by atoms with van der Waals surface area (Å²) in [4.78, 5) is 11.3. The van der Waals surface area contributed by atoms with Crippen molar-refractivity contribution in [3.8, 4) is 0 Å². The second-order valence-electron chi connectivity index (χ2n) is 19.1. The van der Waals surface area contributed by atoms with Crippen LogP contribution in [0.2, 0.25) is 47.2 Å². The summed E-state index contributed by atoms with van der Waals surface area (Å²) >= 11 is 0. The quantitative estimate of drug-likeness (QED) is 0.224. The van der Waals surface area contributed by atoms with Crippen molar-refractivity contribution in [3.63, 3.8) is 0 Å². The molecule has 0 aliphatic carbocycles. The van der Waals surface area contributed by atoms with E-state index in [9.17, 15) is 0 Å². The first-order chi connectivity index (χ1) is 16.4. The Morgan fingerprint density at radius 3 is 1.63 bits per heavy atom. The van der Waals surface area contributed by atoms with Crippen LogP contribution in [-0.4, -0.2) is 47.8 Å². The van der Waals surface area contributed by atoms with Gasteiger partial charge >= 0.3 is 208 Å². The molecule has 12 aliphatic rings. The maximum atomic E-state index is 3.91. The van der Waals surface area contributed by atoms with Gasteiger partial charge < -0.3 is 0 Å². The maximum absolute atomic E-state index is 3.91. The molecule has 5 heteroatoms. The van der Waals surface area contributed by atoms with Crippen LogP contribution in [0, 0.1) is 11.8 Å². The molecule has 0 aromatic carbocycles. The molecule has 35 heavy (non-hydrogen) atoms. The van der Waals surface area contributed by atoms with Crippen molar-refractivity contribution in [2.75, 3.05) is 32.3 Å². The van der Waals surface area contributed by atoms with E-state index in [0.29, 0.717) is 15.5 Å². The molecule has 2 nitrogen and oxygen atoms in total. The normalized spacial score (nSPS) is 78.1. The Labute approximate surface area is 207 Å². The van der Waals surface area contributed by atoms with Gasteiger partial charge in [0.25, 0.3) is 0 Å². The van der Waals surface area contributed by atoms with Crippen LogP contribution in [0.15, 0.2) is 0 Å². The third kappa shape index (κ3) is 0.478. The van der Waals surface area contributed by atoms with Crippen molar-refractivity contribution in [1.82, 2.24) is 10.6 Å². The van der Waals surface area contributed by atoms with Gasteiger partial charge in [-0.05, 0) is 0 Å². The molecule has 8 unspecified atom stereocenters. The summed E-state index contributed by atoms with van der Waals surface area (Å²) in [5.41, 5.74) is 0. The molecule has 12 saturated heterocycles. The topological polar surface area (TPSA) is 24.1 Å². The van der Waals surface area contributed by atoms with Gasteiger partial charge in [-0.3, -0.25) is 0 Å². The summed E-state index contributed by atoms with van der Waals surface area (Å²) in [5, 5.41) is 9.52. The molecule has 0 saturated carbocycles. The van der Waals surface area contributed by atoms with E-state index < -0.39 is 6.51 Å². The van der Waals surface area contributed by atoms with Crippen molar-refractivity contribution in [3.05, 3.63) is 0 Å². The van der Waals surface area contributed by atoms with Gasteiger partial charge in [0.2, 0.25) is 0 Å². The summed E-state index contributed by atoms with van der Waals surface area (Å²) in [6, 6.07) is 0. The third-order valence-corrected chi connectivity index (χ3v) is 72.7. The average Bonchev–Trinajstić information content (AvgIpc) is 3.64.